The zero-order valence-corrected chi connectivity index (χ0v) is 19.9. The van der Waals surface area contributed by atoms with Gasteiger partial charge in [0.05, 0.1) is 60.0 Å². The Balaban J connectivity index is 1.48. The molecule has 0 spiro atoms. The van der Waals surface area contributed by atoms with Crippen LogP contribution in [-0.2, 0) is 10.9 Å². The summed E-state index contributed by atoms with van der Waals surface area (Å²) in [6.45, 7) is 0.674. The Labute approximate surface area is 216 Å². The van der Waals surface area contributed by atoms with E-state index in [0.717, 1.165) is 17.8 Å². The number of aromatic nitrogens is 5. The molecule has 0 saturated carbocycles. The lowest BCUT2D eigenvalue weighted by atomic mass is 9.94. The van der Waals surface area contributed by atoms with E-state index in [0.29, 0.717) is 28.6 Å². The summed E-state index contributed by atoms with van der Waals surface area (Å²) in [6.07, 6.45) is 3.25. The molecule has 194 valence electrons. The minimum absolute atomic E-state index is 0.0198. The molecule has 1 amide bonds. The van der Waals surface area contributed by atoms with Gasteiger partial charge in [-0.3, -0.25) is 9.78 Å². The molecule has 0 radical (unpaired) electrons. The average Bonchev–Trinajstić information content (AvgIpc) is 3.59. The molecule has 0 unspecified atom stereocenters. The van der Waals surface area contributed by atoms with Crippen molar-refractivity contribution < 1.29 is 27.1 Å². The van der Waals surface area contributed by atoms with Crippen molar-refractivity contribution in [2.75, 3.05) is 24.3 Å². The van der Waals surface area contributed by atoms with E-state index >= 15 is 4.39 Å². The maximum Gasteiger partial charge on any atom is 0.420 e. The van der Waals surface area contributed by atoms with Gasteiger partial charge in [-0.25, -0.2) is 9.37 Å². The molecule has 4 heterocycles. The van der Waals surface area contributed by atoms with Gasteiger partial charge >= 0.3 is 6.18 Å². The normalized spacial score (nSPS) is 13.4. The molecule has 14 heteroatoms. The Morgan fingerprint density at radius 3 is 2.55 bits per heavy atom. The molecule has 0 aliphatic carbocycles. The van der Waals surface area contributed by atoms with E-state index in [1.807, 2.05) is 6.08 Å². The number of carbonyl (C=O) groups is 1. The SMILES string of the molecule is Nc1cncc(C2=CCOC2)c1-c1cc(Cl)c(C(=O)Nc2cnc(-n3nccn3)c(C(F)(F)F)c2)cc1F. The molecule has 0 saturated heterocycles. The van der Waals surface area contributed by atoms with Gasteiger partial charge in [-0.05, 0) is 23.8 Å². The predicted octanol–water partition coefficient (Wildman–Crippen LogP) is 4.78. The van der Waals surface area contributed by atoms with Crippen molar-refractivity contribution in [3.63, 3.8) is 0 Å². The molecule has 1 aromatic carbocycles. The van der Waals surface area contributed by atoms with Crippen LogP contribution in [0.15, 0.2) is 55.3 Å². The predicted molar refractivity (Wildman–Crippen MR) is 130 cm³/mol. The highest BCUT2D eigenvalue weighted by Crippen LogP contribution is 2.38. The number of hydrogen-bond acceptors (Lipinski definition) is 7. The van der Waals surface area contributed by atoms with Crippen molar-refractivity contribution in [2.45, 2.75) is 6.18 Å². The fraction of sp³-hybridized carbons (Fsp3) is 0.125. The smallest absolute Gasteiger partial charge is 0.397 e. The second-order valence-corrected chi connectivity index (χ2v) is 8.48. The minimum atomic E-state index is -4.83. The summed E-state index contributed by atoms with van der Waals surface area (Å²) < 4.78 is 61.7. The number of carbonyl (C=O) groups excluding carboxylic acids is 1. The number of nitrogens with two attached hydrogens (primary N) is 1. The summed E-state index contributed by atoms with van der Waals surface area (Å²) in [5.41, 5.74) is 6.15. The van der Waals surface area contributed by atoms with Crippen molar-refractivity contribution in [1.82, 2.24) is 25.0 Å². The van der Waals surface area contributed by atoms with Crippen LogP contribution in [0.5, 0.6) is 0 Å². The van der Waals surface area contributed by atoms with Crippen LogP contribution in [-0.4, -0.2) is 44.1 Å². The number of nitrogen functional groups attached to an aromatic ring is 1. The van der Waals surface area contributed by atoms with E-state index in [4.69, 9.17) is 22.1 Å². The second kappa shape index (κ2) is 9.84. The standard InChI is InChI=1S/C24H16ClF4N7O2/c25-18-6-15(21-16(9-31-10-20(21)30)12-1-4-38-11-12)19(26)7-14(18)23(37)35-13-5-17(24(27,28)29)22(32-8-13)36-33-2-3-34-36/h1-3,5-10H,4,11,30H2,(H,35,37). The number of rotatable bonds is 5. The van der Waals surface area contributed by atoms with E-state index in [9.17, 15) is 18.0 Å². The summed E-state index contributed by atoms with van der Waals surface area (Å²) in [5, 5.41) is 9.45. The maximum atomic E-state index is 15.3. The van der Waals surface area contributed by atoms with Crippen LogP contribution in [0.1, 0.15) is 21.5 Å². The first-order valence-electron chi connectivity index (χ1n) is 10.9. The van der Waals surface area contributed by atoms with E-state index in [2.05, 4.69) is 25.5 Å². The molecule has 0 bridgehead atoms. The van der Waals surface area contributed by atoms with Crippen LogP contribution in [0.25, 0.3) is 22.5 Å². The highest BCUT2D eigenvalue weighted by atomic mass is 35.5. The highest BCUT2D eigenvalue weighted by molar-refractivity contribution is 6.34. The number of pyridine rings is 2. The molecule has 38 heavy (non-hydrogen) atoms. The van der Waals surface area contributed by atoms with Gasteiger partial charge in [0.2, 0.25) is 0 Å². The lowest BCUT2D eigenvalue weighted by molar-refractivity contribution is -0.137. The number of halogens is 5. The monoisotopic (exact) mass is 545 g/mol. The molecule has 1 aliphatic rings. The number of ether oxygens (including phenoxy) is 1. The van der Waals surface area contributed by atoms with Gasteiger partial charge in [-0.1, -0.05) is 17.7 Å². The first-order chi connectivity index (χ1) is 18.1. The number of alkyl halides is 3. The van der Waals surface area contributed by atoms with Gasteiger partial charge in [0.25, 0.3) is 5.91 Å². The Kier molecular flexibility index (Phi) is 6.55. The van der Waals surface area contributed by atoms with E-state index in [-0.39, 0.29) is 34.1 Å². The van der Waals surface area contributed by atoms with Crippen LogP contribution in [0.2, 0.25) is 5.02 Å². The van der Waals surface area contributed by atoms with Crippen molar-refractivity contribution in [2.24, 2.45) is 0 Å². The van der Waals surface area contributed by atoms with Crippen LogP contribution in [0, 0.1) is 5.82 Å². The van der Waals surface area contributed by atoms with Gasteiger partial charge in [-0.15, -0.1) is 4.80 Å². The van der Waals surface area contributed by atoms with Crippen LogP contribution in [0.3, 0.4) is 0 Å². The molecule has 0 atom stereocenters. The largest absolute Gasteiger partial charge is 0.420 e. The fourth-order valence-electron chi connectivity index (χ4n) is 3.93. The van der Waals surface area contributed by atoms with E-state index < -0.39 is 29.3 Å². The van der Waals surface area contributed by atoms with Crippen molar-refractivity contribution in [3.8, 4) is 16.9 Å². The van der Waals surface area contributed by atoms with Crippen LogP contribution in [0.4, 0.5) is 28.9 Å². The molecule has 1 aliphatic heterocycles. The molecule has 9 nitrogen and oxygen atoms in total. The lowest BCUT2D eigenvalue weighted by Gasteiger charge is -2.16. The van der Waals surface area contributed by atoms with Crippen molar-refractivity contribution >= 4 is 34.5 Å². The molecule has 5 rings (SSSR count). The van der Waals surface area contributed by atoms with Gasteiger partial charge in [0.15, 0.2) is 5.82 Å². The Morgan fingerprint density at radius 1 is 1.11 bits per heavy atom. The fourth-order valence-corrected chi connectivity index (χ4v) is 4.18. The highest BCUT2D eigenvalue weighted by Gasteiger charge is 2.36. The molecule has 0 fully saturated rings. The molecular formula is C24H16ClF4N7O2. The zero-order chi connectivity index (χ0) is 27.0. The van der Waals surface area contributed by atoms with Crippen molar-refractivity contribution in [1.29, 1.82) is 0 Å². The number of benzene rings is 1. The number of anilines is 2. The quantitative estimate of drug-likeness (QED) is 0.346. The number of hydrogen-bond donors (Lipinski definition) is 2. The van der Waals surface area contributed by atoms with Crippen LogP contribution < -0.4 is 11.1 Å². The number of nitrogens with one attached hydrogen (secondary N) is 1. The molecule has 4 aromatic rings. The maximum absolute atomic E-state index is 15.3. The minimum Gasteiger partial charge on any atom is -0.397 e. The number of nitrogens with zero attached hydrogens (tertiary/aromatic N) is 5. The number of amides is 1. The van der Waals surface area contributed by atoms with E-state index in [1.165, 1.54) is 30.9 Å². The lowest BCUT2D eigenvalue weighted by Crippen LogP contribution is -2.17. The van der Waals surface area contributed by atoms with E-state index in [1.54, 1.807) is 0 Å². The summed E-state index contributed by atoms with van der Waals surface area (Å²) >= 11 is 6.33. The summed E-state index contributed by atoms with van der Waals surface area (Å²) in [7, 11) is 0. The third kappa shape index (κ3) is 4.80. The van der Waals surface area contributed by atoms with Crippen LogP contribution >= 0.6 is 11.6 Å². The third-order valence-corrected chi connectivity index (χ3v) is 5.95. The Morgan fingerprint density at radius 2 is 1.87 bits per heavy atom. The Bertz CT molecular complexity index is 1570. The molecule has 3 N–H and O–H groups in total. The summed E-state index contributed by atoms with van der Waals surface area (Å²) in [5.74, 6) is -2.36. The summed E-state index contributed by atoms with van der Waals surface area (Å²) in [4.78, 5) is 21.4. The second-order valence-electron chi connectivity index (χ2n) is 8.07. The molecular weight excluding hydrogens is 530 g/mol. The van der Waals surface area contributed by atoms with Gasteiger partial charge < -0.3 is 15.8 Å². The van der Waals surface area contributed by atoms with Gasteiger partial charge in [-0.2, -0.15) is 23.4 Å². The van der Waals surface area contributed by atoms with Gasteiger partial charge in [0.1, 0.15) is 11.4 Å². The third-order valence-electron chi connectivity index (χ3n) is 5.64. The average molecular weight is 546 g/mol. The Hall–Kier alpha value is -4.36. The summed E-state index contributed by atoms with van der Waals surface area (Å²) in [6, 6.07) is 2.78. The van der Waals surface area contributed by atoms with Crippen molar-refractivity contribution in [3.05, 3.63) is 82.8 Å². The molecule has 3 aromatic heterocycles. The first-order valence-corrected chi connectivity index (χ1v) is 11.3. The topological polar surface area (TPSA) is 121 Å². The van der Waals surface area contributed by atoms with Gasteiger partial charge in [0, 0.05) is 22.9 Å². The first kappa shape index (κ1) is 25.3. The zero-order valence-electron chi connectivity index (χ0n) is 19.1.